The maximum atomic E-state index is 13.6. The van der Waals surface area contributed by atoms with Gasteiger partial charge in [0.05, 0.1) is 32.4 Å². The Kier molecular flexibility index (Phi) is 4.17. The van der Waals surface area contributed by atoms with E-state index in [9.17, 15) is 9.18 Å². The van der Waals surface area contributed by atoms with Crippen molar-refractivity contribution in [3.05, 3.63) is 48.3 Å². The molecule has 0 radical (unpaired) electrons. The Hall–Kier alpha value is -2.41. The molecule has 0 saturated carbocycles. The molecule has 0 aliphatic carbocycles. The van der Waals surface area contributed by atoms with Gasteiger partial charge >= 0.3 is 0 Å². The number of hydrogen-bond acceptors (Lipinski definition) is 5. The number of halogens is 1. The Morgan fingerprint density at radius 3 is 3.04 bits per heavy atom. The van der Waals surface area contributed by atoms with Crippen LogP contribution in [0.3, 0.4) is 0 Å². The Morgan fingerprint density at radius 2 is 2.28 bits per heavy atom. The van der Waals surface area contributed by atoms with Gasteiger partial charge in [-0.25, -0.2) is 9.37 Å². The van der Waals surface area contributed by atoms with E-state index in [0.717, 1.165) is 6.42 Å². The molecule has 2 aliphatic heterocycles. The number of nitrogens with zero attached hydrogens (tertiary/aromatic N) is 2. The van der Waals surface area contributed by atoms with E-state index in [2.05, 4.69) is 4.98 Å². The summed E-state index contributed by atoms with van der Waals surface area (Å²) >= 11 is 0. The second-order valence-corrected chi connectivity index (χ2v) is 6.51. The minimum Gasteiger partial charge on any atom is -0.475 e. The highest BCUT2D eigenvalue weighted by Crippen LogP contribution is 2.40. The molecule has 0 unspecified atom stereocenters. The number of carbonyl (C=O) groups is 1. The van der Waals surface area contributed by atoms with Crippen molar-refractivity contribution in [1.29, 1.82) is 0 Å². The van der Waals surface area contributed by atoms with Crippen LogP contribution in [0.15, 0.2) is 41.1 Å². The predicted octanol–water partition coefficient (Wildman–Crippen LogP) is 2.05. The van der Waals surface area contributed by atoms with Crippen molar-refractivity contribution < 1.29 is 23.1 Å². The topological polar surface area (TPSA) is 64.8 Å². The molecule has 0 N–H and O–H groups in total. The third-order valence-corrected chi connectivity index (χ3v) is 4.92. The number of hydrogen-bond donors (Lipinski definition) is 0. The Bertz CT molecular complexity index is 743. The van der Waals surface area contributed by atoms with Crippen LogP contribution in [0.1, 0.15) is 12.2 Å². The van der Waals surface area contributed by atoms with Crippen LogP contribution in [0.5, 0.6) is 5.88 Å². The van der Waals surface area contributed by atoms with E-state index in [1.807, 2.05) is 0 Å². The molecule has 0 bridgehead atoms. The Balaban J connectivity index is 1.33. The van der Waals surface area contributed by atoms with Gasteiger partial charge in [0.15, 0.2) is 5.82 Å². The molecule has 2 saturated heterocycles. The zero-order chi connectivity index (χ0) is 17.3. The highest BCUT2D eigenvalue weighted by atomic mass is 19.1. The number of carbonyl (C=O) groups excluding carboxylic acids is 1. The number of pyridine rings is 1. The molecule has 132 valence electrons. The summed E-state index contributed by atoms with van der Waals surface area (Å²) in [5.74, 6) is 0.325. The third kappa shape index (κ3) is 3.11. The molecule has 4 rings (SSSR count). The molecule has 1 atom stereocenters. The molecule has 1 spiro atoms. The third-order valence-electron chi connectivity index (χ3n) is 4.92. The molecule has 2 fully saturated rings. The quantitative estimate of drug-likeness (QED) is 0.829. The minimum absolute atomic E-state index is 0.00891. The normalized spacial score (nSPS) is 21.3. The van der Waals surface area contributed by atoms with Crippen molar-refractivity contribution in [3.8, 4) is 5.88 Å². The standard InChI is InChI=1S/C18H19FN2O4/c19-15-4-1-6-20-17(15)24-10-13-5-8-25-18(13)11-21(12-18)16(22)9-14-3-2-7-23-14/h1-4,6-7,13H,5,8-12H2/t13-/m1/s1. The first kappa shape index (κ1) is 16.1. The second-order valence-electron chi connectivity index (χ2n) is 6.51. The van der Waals surface area contributed by atoms with Crippen LogP contribution in [-0.4, -0.2) is 47.7 Å². The first-order chi connectivity index (χ1) is 12.2. The second kappa shape index (κ2) is 6.48. The lowest BCUT2D eigenvalue weighted by molar-refractivity contribution is -0.166. The first-order valence-electron chi connectivity index (χ1n) is 8.34. The zero-order valence-electron chi connectivity index (χ0n) is 13.7. The number of aromatic nitrogens is 1. The summed E-state index contributed by atoms with van der Waals surface area (Å²) in [6.07, 6.45) is 4.14. The number of amides is 1. The predicted molar refractivity (Wildman–Crippen MR) is 85.5 cm³/mol. The molecule has 6 nitrogen and oxygen atoms in total. The fourth-order valence-corrected chi connectivity index (χ4v) is 3.48. The van der Waals surface area contributed by atoms with Crippen molar-refractivity contribution in [2.45, 2.75) is 18.4 Å². The van der Waals surface area contributed by atoms with Gasteiger partial charge in [0, 0.05) is 18.7 Å². The minimum atomic E-state index is -0.473. The lowest BCUT2D eigenvalue weighted by atomic mass is 9.81. The fourth-order valence-electron chi connectivity index (χ4n) is 3.48. The first-order valence-corrected chi connectivity index (χ1v) is 8.34. The fraction of sp³-hybridized carbons (Fsp3) is 0.444. The summed E-state index contributed by atoms with van der Waals surface area (Å²) < 4.78 is 30.3. The molecular weight excluding hydrogens is 327 g/mol. The number of ether oxygens (including phenoxy) is 2. The van der Waals surface area contributed by atoms with E-state index in [-0.39, 0.29) is 29.7 Å². The molecule has 2 aliphatic rings. The van der Waals surface area contributed by atoms with Gasteiger partial charge < -0.3 is 18.8 Å². The van der Waals surface area contributed by atoms with E-state index in [0.29, 0.717) is 32.1 Å². The SMILES string of the molecule is O=C(Cc1ccco1)N1CC2(C1)OCC[C@@H]2COc1ncccc1F. The molecule has 7 heteroatoms. The van der Waals surface area contributed by atoms with Crippen LogP contribution in [0, 0.1) is 11.7 Å². The molecule has 2 aromatic heterocycles. The summed E-state index contributed by atoms with van der Waals surface area (Å²) in [5, 5.41) is 0. The van der Waals surface area contributed by atoms with Crippen LogP contribution < -0.4 is 4.74 Å². The van der Waals surface area contributed by atoms with Crippen LogP contribution in [0.25, 0.3) is 0 Å². The summed E-state index contributed by atoms with van der Waals surface area (Å²) in [7, 11) is 0. The van der Waals surface area contributed by atoms with Crippen molar-refractivity contribution >= 4 is 5.91 Å². The Morgan fingerprint density at radius 1 is 1.40 bits per heavy atom. The van der Waals surface area contributed by atoms with Gasteiger partial charge in [0.1, 0.15) is 11.4 Å². The van der Waals surface area contributed by atoms with E-state index in [4.69, 9.17) is 13.9 Å². The number of furan rings is 1. The van der Waals surface area contributed by atoms with Crippen molar-refractivity contribution in [2.75, 3.05) is 26.3 Å². The average Bonchev–Trinajstić information content (AvgIpc) is 3.22. The lowest BCUT2D eigenvalue weighted by Gasteiger charge is -2.50. The van der Waals surface area contributed by atoms with Gasteiger partial charge in [-0.05, 0) is 30.7 Å². The van der Waals surface area contributed by atoms with Gasteiger partial charge in [0.25, 0.3) is 0 Å². The molecule has 25 heavy (non-hydrogen) atoms. The van der Waals surface area contributed by atoms with Crippen molar-refractivity contribution in [3.63, 3.8) is 0 Å². The van der Waals surface area contributed by atoms with Gasteiger partial charge in [-0.1, -0.05) is 0 Å². The van der Waals surface area contributed by atoms with Crippen molar-refractivity contribution in [1.82, 2.24) is 9.88 Å². The molecule has 2 aromatic rings. The van der Waals surface area contributed by atoms with E-state index in [1.54, 1.807) is 23.3 Å². The maximum absolute atomic E-state index is 13.6. The average molecular weight is 346 g/mol. The van der Waals surface area contributed by atoms with Gasteiger partial charge in [-0.15, -0.1) is 0 Å². The van der Waals surface area contributed by atoms with Gasteiger partial charge in [0.2, 0.25) is 11.8 Å². The lowest BCUT2D eigenvalue weighted by Crippen LogP contribution is -2.67. The summed E-state index contributed by atoms with van der Waals surface area (Å²) in [5.41, 5.74) is -0.385. The highest BCUT2D eigenvalue weighted by molar-refractivity contribution is 5.79. The van der Waals surface area contributed by atoms with Gasteiger partial charge in [-0.3, -0.25) is 4.79 Å². The van der Waals surface area contributed by atoms with E-state index in [1.165, 1.54) is 18.3 Å². The molecule has 4 heterocycles. The zero-order valence-corrected chi connectivity index (χ0v) is 13.7. The molecule has 1 amide bonds. The molecular formula is C18H19FN2O4. The van der Waals surface area contributed by atoms with Crippen LogP contribution in [-0.2, 0) is 16.0 Å². The maximum Gasteiger partial charge on any atom is 0.250 e. The molecule has 0 aromatic carbocycles. The smallest absolute Gasteiger partial charge is 0.250 e. The Labute approximate surface area is 144 Å². The number of likely N-dealkylation sites (tertiary alicyclic amines) is 1. The van der Waals surface area contributed by atoms with Gasteiger partial charge in [-0.2, -0.15) is 0 Å². The van der Waals surface area contributed by atoms with Crippen LogP contribution >= 0.6 is 0 Å². The number of rotatable bonds is 5. The largest absolute Gasteiger partial charge is 0.475 e. The highest BCUT2D eigenvalue weighted by Gasteiger charge is 2.54. The monoisotopic (exact) mass is 346 g/mol. The van der Waals surface area contributed by atoms with Crippen molar-refractivity contribution in [2.24, 2.45) is 5.92 Å². The summed E-state index contributed by atoms with van der Waals surface area (Å²) in [6.45, 7) is 2.02. The van der Waals surface area contributed by atoms with Crippen LogP contribution in [0.4, 0.5) is 4.39 Å². The van der Waals surface area contributed by atoms with E-state index < -0.39 is 5.82 Å². The summed E-state index contributed by atoms with van der Waals surface area (Å²) in [6, 6.07) is 6.40. The van der Waals surface area contributed by atoms with E-state index >= 15 is 0 Å². The van der Waals surface area contributed by atoms with Crippen LogP contribution in [0.2, 0.25) is 0 Å². The summed E-state index contributed by atoms with van der Waals surface area (Å²) in [4.78, 5) is 18.0.